The number of nitrogens with zero attached hydrogens (tertiary/aromatic N) is 1. The molecule has 26 heavy (non-hydrogen) atoms. The van der Waals surface area contributed by atoms with Crippen LogP contribution in [0.1, 0.15) is 17.2 Å². The average molecular weight is 418 g/mol. The number of benzene rings is 2. The fraction of sp³-hybridized carbons (Fsp3) is 0.250. The zero-order valence-electron chi connectivity index (χ0n) is 13.5. The van der Waals surface area contributed by atoms with Crippen LogP contribution in [0.2, 0.25) is 5.02 Å². The quantitative estimate of drug-likeness (QED) is 0.575. The van der Waals surface area contributed by atoms with Crippen molar-refractivity contribution in [1.82, 2.24) is 10.0 Å². The topological polar surface area (TPSA) is 101 Å². The molecule has 1 unspecified atom stereocenters. The molecule has 0 bridgehead atoms. The number of halogens is 2. The number of nitro benzene ring substituents is 1. The molecule has 2 aromatic rings. The van der Waals surface area contributed by atoms with Crippen LogP contribution in [0.3, 0.4) is 0 Å². The highest BCUT2D eigenvalue weighted by Gasteiger charge is 2.28. The van der Waals surface area contributed by atoms with Crippen molar-refractivity contribution in [2.75, 3.05) is 13.1 Å². The van der Waals surface area contributed by atoms with E-state index in [0.717, 1.165) is 30.7 Å². The number of rotatable bonds is 5. The number of nitrogens with one attached hydrogen (secondary N) is 2. The molecule has 0 aromatic heterocycles. The Morgan fingerprint density at radius 2 is 2.00 bits per heavy atom. The van der Waals surface area contributed by atoms with Gasteiger partial charge in [0.2, 0.25) is 10.0 Å². The van der Waals surface area contributed by atoms with Gasteiger partial charge in [0, 0.05) is 23.7 Å². The van der Waals surface area contributed by atoms with E-state index < -0.39 is 25.5 Å². The molecule has 10 heteroatoms. The van der Waals surface area contributed by atoms with E-state index in [2.05, 4.69) is 10.0 Å². The first-order valence-electron chi connectivity index (χ1n) is 7.63. The highest BCUT2D eigenvalue weighted by Crippen LogP contribution is 2.28. The molecule has 1 heterocycles. The van der Waals surface area contributed by atoms with Gasteiger partial charge >= 0.3 is 0 Å². The summed E-state index contributed by atoms with van der Waals surface area (Å²) in [6.07, 6.45) is 0.874. The van der Waals surface area contributed by atoms with E-state index >= 15 is 0 Å². The molecule has 0 saturated heterocycles. The van der Waals surface area contributed by atoms with Crippen LogP contribution in [-0.4, -0.2) is 26.4 Å². The SMILES string of the molecule is Cl.O=[N+]([O-])c1ccc(Cl)cc1S(=O)(=O)NCC1NCCc2ccccc21. The van der Waals surface area contributed by atoms with Crippen LogP contribution in [0, 0.1) is 10.1 Å². The lowest BCUT2D eigenvalue weighted by molar-refractivity contribution is -0.387. The summed E-state index contributed by atoms with van der Waals surface area (Å²) < 4.78 is 27.6. The maximum atomic E-state index is 12.6. The highest BCUT2D eigenvalue weighted by molar-refractivity contribution is 7.89. The van der Waals surface area contributed by atoms with Gasteiger partial charge in [-0.25, -0.2) is 13.1 Å². The molecular weight excluding hydrogens is 401 g/mol. The van der Waals surface area contributed by atoms with E-state index in [0.29, 0.717) is 0 Å². The molecule has 1 aliphatic rings. The van der Waals surface area contributed by atoms with E-state index in [1.165, 1.54) is 11.6 Å². The maximum Gasteiger partial charge on any atom is 0.289 e. The minimum Gasteiger partial charge on any atom is -0.308 e. The molecule has 2 aromatic carbocycles. The van der Waals surface area contributed by atoms with Gasteiger partial charge in [0.25, 0.3) is 5.69 Å². The van der Waals surface area contributed by atoms with Gasteiger partial charge in [0.05, 0.1) is 4.92 Å². The zero-order chi connectivity index (χ0) is 18.0. The van der Waals surface area contributed by atoms with E-state index in [1.807, 2.05) is 24.3 Å². The average Bonchev–Trinajstić information content (AvgIpc) is 2.59. The van der Waals surface area contributed by atoms with Crippen LogP contribution >= 0.6 is 24.0 Å². The monoisotopic (exact) mass is 417 g/mol. The Balaban J connectivity index is 0.00000243. The van der Waals surface area contributed by atoms with Gasteiger partial charge in [-0.15, -0.1) is 12.4 Å². The second-order valence-corrected chi connectivity index (χ2v) is 7.85. The summed E-state index contributed by atoms with van der Waals surface area (Å²) in [7, 11) is -4.08. The van der Waals surface area contributed by atoms with Crippen LogP contribution < -0.4 is 10.0 Å². The molecule has 7 nitrogen and oxygen atoms in total. The summed E-state index contributed by atoms with van der Waals surface area (Å²) in [4.78, 5) is 9.93. The van der Waals surface area contributed by atoms with Crippen molar-refractivity contribution in [2.45, 2.75) is 17.4 Å². The fourth-order valence-corrected chi connectivity index (χ4v) is 4.38. The van der Waals surface area contributed by atoms with Crippen LogP contribution in [0.5, 0.6) is 0 Å². The molecule has 3 rings (SSSR count). The van der Waals surface area contributed by atoms with Crippen LogP contribution in [-0.2, 0) is 16.4 Å². The van der Waals surface area contributed by atoms with Crippen molar-refractivity contribution in [2.24, 2.45) is 0 Å². The van der Waals surface area contributed by atoms with Crippen molar-refractivity contribution in [3.63, 3.8) is 0 Å². The predicted octanol–water partition coefficient (Wildman–Crippen LogP) is 2.84. The molecular formula is C16H17Cl2N3O4S. The Kier molecular flexibility index (Phi) is 6.59. The van der Waals surface area contributed by atoms with Crippen molar-refractivity contribution in [3.8, 4) is 0 Å². The number of sulfonamides is 1. The minimum atomic E-state index is -4.08. The third kappa shape index (κ3) is 4.33. The second-order valence-electron chi connectivity index (χ2n) is 5.68. The maximum absolute atomic E-state index is 12.6. The fourth-order valence-electron chi connectivity index (χ4n) is 2.90. The molecule has 0 spiro atoms. The summed E-state index contributed by atoms with van der Waals surface area (Å²) in [5.74, 6) is 0. The summed E-state index contributed by atoms with van der Waals surface area (Å²) in [5.41, 5.74) is 1.69. The van der Waals surface area contributed by atoms with Gasteiger partial charge in [-0.05, 0) is 36.2 Å². The Morgan fingerprint density at radius 3 is 2.73 bits per heavy atom. The van der Waals surface area contributed by atoms with Crippen molar-refractivity contribution in [1.29, 1.82) is 0 Å². The lowest BCUT2D eigenvalue weighted by Crippen LogP contribution is -2.38. The van der Waals surface area contributed by atoms with Crippen molar-refractivity contribution >= 4 is 39.7 Å². The van der Waals surface area contributed by atoms with Crippen molar-refractivity contribution < 1.29 is 13.3 Å². The molecule has 0 fully saturated rings. The first-order chi connectivity index (χ1) is 11.9. The lowest BCUT2D eigenvalue weighted by atomic mass is 9.95. The summed E-state index contributed by atoms with van der Waals surface area (Å²) in [6.45, 7) is 0.823. The normalized spacial score (nSPS) is 16.4. The Hall–Kier alpha value is -1.71. The molecule has 0 amide bonds. The molecule has 0 radical (unpaired) electrons. The summed E-state index contributed by atoms with van der Waals surface area (Å²) in [5, 5.41) is 14.5. The second kappa shape index (κ2) is 8.32. The molecule has 1 aliphatic heterocycles. The predicted molar refractivity (Wildman–Crippen MR) is 101 cm³/mol. The molecule has 0 aliphatic carbocycles. The Bertz CT molecular complexity index is 921. The summed E-state index contributed by atoms with van der Waals surface area (Å²) in [6, 6.07) is 11.1. The summed E-state index contributed by atoms with van der Waals surface area (Å²) >= 11 is 5.82. The van der Waals surface area contributed by atoms with E-state index in [9.17, 15) is 18.5 Å². The van der Waals surface area contributed by atoms with Gasteiger partial charge in [-0.3, -0.25) is 10.1 Å². The van der Waals surface area contributed by atoms with E-state index in [1.54, 1.807) is 0 Å². The van der Waals surface area contributed by atoms with Crippen LogP contribution in [0.25, 0.3) is 0 Å². The number of nitro groups is 1. The zero-order valence-corrected chi connectivity index (χ0v) is 15.9. The van der Waals surface area contributed by atoms with E-state index in [4.69, 9.17) is 11.6 Å². The Morgan fingerprint density at radius 1 is 1.27 bits per heavy atom. The van der Waals surface area contributed by atoms with Crippen LogP contribution in [0.4, 0.5) is 5.69 Å². The largest absolute Gasteiger partial charge is 0.308 e. The third-order valence-corrected chi connectivity index (χ3v) is 5.79. The third-order valence-electron chi connectivity index (χ3n) is 4.10. The number of fused-ring (bicyclic) bond motifs is 1. The minimum absolute atomic E-state index is 0. The number of hydrogen-bond acceptors (Lipinski definition) is 5. The first kappa shape index (κ1) is 20.6. The van der Waals surface area contributed by atoms with Crippen LogP contribution in [0.15, 0.2) is 47.4 Å². The molecule has 140 valence electrons. The molecule has 2 N–H and O–H groups in total. The molecule has 0 saturated carbocycles. The van der Waals surface area contributed by atoms with Gasteiger partial charge in [0.15, 0.2) is 4.90 Å². The number of hydrogen-bond donors (Lipinski definition) is 2. The van der Waals surface area contributed by atoms with Gasteiger partial charge in [0.1, 0.15) is 0 Å². The van der Waals surface area contributed by atoms with E-state index in [-0.39, 0.29) is 30.0 Å². The van der Waals surface area contributed by atoms with Gasteiger partial charge < -0.3 is 5.32 Å². The van der Waals surface area contributed by atoms with Gasteiger partial charge in [-0.2, -0.15) is 0 Å². The van der Waals surface area contributed by atoms with Crippen molar-refractivity contribution in [3.05, 3.63) is 68.7 Å². The first-order valence-corrected chi connectivity index (χ1v) is 9.49. The lowest BCUT2D eigenvalue weighted by Gasteiger charge is -2.27. The van der Waals surface area contributed by atoms with Gasteiger partial charge in [-0.1, -0.05) is 35.9 Å². The molecule has 1 atom stereocenters. The standard InChI is InChI=1S/C16H16ClN3O4S.ClH/c17-12-5-6-15(20(21)22)16(9-12)25(23,24)19-10-14-13-4-2-1-3-11(13)7-8-18-14;/h1-6,9,14,18-19H,7-8,10H2;1H. The highest BCUT2D eigenvalue weighted by atomic mass is 35.5. The smallest absolute Gasteiger partial charge is 0.289 e. The Labute approximate surface area is 162 Å².